The fourth-order valence-electron chi connectivity index (χ4n) is 0.899. The molecule has 0 aliphatic carbocycles. The SMILES string of the molecule is CCSCCC(NC(=O)CC)C(=O)O. The Morgan fingerprint density at radius 2 is 2.07 bits per heavy atom. The van der Waals surface area contributed by atoms with Crippen molar-refractivity contribution in [2.24, 2.45) is 0 Å². The van der Waals surface area contributed by atoms with Crippen LogP contribution in [0.3, 0.4) is 0 Å². The summed E-state index contributed by atoms with van der Waals surface area (Å²) >= 11 is 1.67. The molecule has 4 nitrogen and oxygen atoms in total. The topological polar surface area (TPSA) is 66.4 Å². The number of carbonyl (C=O) groups is 2. The Bertz CT molecular complexity index is 196. The lowest BCUT2D eigenvalue weighted by Gasteiger charge is -2.13. The van der Waals surface area contributed by atoms with Gasteiger partial charge in [0.05, 0.1) is 0 Å². The molecule has 1 amide bonds. The van der Waals surface area contributed by atoms with Crippen molar-refractivity contribution in [2.75, 3.05) is 11.5 Å². The highest BCUT2D eigenvalue weighted by atomic mass is 32.2. The molecular weight excluding hydrogens is 202 g/mol. The summed E-state index contributed by atoms with van der Waals surface area (Å²) in [6.45, 7) is 3.72. The first-order valence-electron chi connectivity index (χ1n) is 4.71. The number of carboxylic acid groups (broad SMARTS) is 1. The maximum atomic E-state index is 11.0. The van der Waals surface area contributed by atoms with Crippen molar-refractivity contribution >= 4 is 23.6 Å². The molecule has 0 aliphatic rings. The molecule has 82 valence electrons. The Kier molecular flexibility index (Phi) is 7.28. The molecule has 0 spiro atoms. The first kappa shape index (κ1) is 13.3. The Morgan fingerprint density at radius 3 is 2.50 bits per heavy atom. The van der Waals surface area contributed by atoms with Crippen LogP contribution in [0.2, 0.25) is 0 Å². The fraction of sp³-hybridized carbons (Fsp3) is 0.778. The van der Waals surface area contributed by atoms with E-state index in [0.29, 0.717) is 12.8 Å². The zero-order valence-electron chi connectivity index (χ0n) is 8.58. The van der Waals surface area contributed by atoms with Crippen molar-refractivity contribution in [3.05, 3.63) is 0 Å². The molecule has 5 heteroatoms. The third kappa shape index (κ3) is 5.85. The Hall–Kier alpha value is -0.710. The van der Waals surface area contributed by atoms with Crippen molar-refractivity contribution in [1.29, 1.82) is 0 Å². The van der Waals surface area contributed by atoms with Crippen LogP contribution in [0.1, 0.15) is 26.7 Å². The smallest absolute Gasteiger partial charge is 0.326 e. The predicted octanol–water partition coefficient (Wildman–Crippen LogP) is 1.11. The summed E-state index contributed by atoms with van der Waals surface area (Å²) in [6.07, 6.45) is 0.810. The molecule has 0 fully saturated rings. The van der Waals surface area contributed by atoms with Crippen LogP contribution in [0.25, 0.3) is 0 Å². The Balaban J connectivity index is 3.90. The second-order valence-corrected chi connectivity index (χ2v) is 4.19. The second kappa shape index (κ2) is 7.67. The predicted molar refractivity (Wildman–Crippen MR) is 57.5 cm³/mol. The van der Waals surface area contributed by atoms with E-state index in [1.165, 1.54) is 0 Å². The average molecular weight is 219 g/mol. The van der Waals surface area contributed by atoms with Gasteiger partial charge in [0.2, 0.25) is 5.91 Å². The van der Waals surface area contributed by atoms with Gasteiger partial charge in [-0.25, -0.2) is 4.79 Å². The molecule has 1 unspecified atom stereocenters. The van der Waals surface area contributed by atoms with Gasteiger partial charge in [0.1, 0.15) is 6.04 Å². The van der Waals surface area contributed by atoms with Gasteiger partial charge in [-0.05, 0) is 17.9 Å². The van der Waals surface area contributed by atoms with E-state index in [4.69, 9.17) is 5.11 Å². The van der Waals surface area contributed by atoms with Gasteiger partial charge in [-0.3, -0.25) is 4.79 Å². The summed E-state index contributed by atoms with van der Waals surface area (Å²) < 4.78 is 0. The van der Waals surface area contributed by atoms with Crippen LogP contribution in [0.4, 0.5) is 0 Å². The summed E-state index contributed by atoms with van der Waals surface area (Å²) in [4.78, 5) is 21.7. The van der Waals surface area contributed by atoms with Crippen LogP contribution < -0.4 is 5.32 Å². The Labute approximate surface area is 88.4 Å². The second-order valence-electron chi connectivity index (χ2n) is 2.80. The van der Waals surface area contributed by atoms with Gasteiger partial charge in [-0.15, -0.1) is 0 Å². The van der Waals surface area contributed by atoms with Crippen molar-refractivity contribution < 1.29 is 14.7 Å². The van der Waals surface area contributed by atoms with Crippen LogP contribution in [0.15, 0.2) is 0 Å². The van der Waals surface area contributed by atoms with Gasteiger partial charge < -0.3 is 10.4 Å². The molecular formula is C9H17NO3S. The van der Waals surface area contributed by atoms with E-state index >= 15 is 0 Å². The quantitative estimate of drug-likeness (QED) is 0.629. The number of carboxylic acids is 1. The zero-order valence-corrected chi connectivity index (χ0v) is 9.39. The van der Waals surface area contributed by atoms with E-state index in [1.807, 2.05) is 6.92 Å². The van der Waals surface area contributed by atoms with Crippen LogP contribution >= 0.6 is 11.8 Å². The zero-order chi connectivity index (χ0) is 11.0. The van der Waals surface area contributed by atoms with Gasteiger partial charge in [-0.2, -0.15) is 11.8 Å². The van der Waals surface area contributed by atoms with Crippen LogP contribution in [-0.2, 0) is 9.59 Å². The molecule has 0 radical (unpaired) electrons. The minimum atomic E-state index is -0.955. The monoisotopic (exact) mass is 219 g/mol. The third-order valence-corrected chi connectivity index (χ3v) is 2.64. The molecule has 0 aromatic rings. The number of thioether (sulfide) groups is 1. The van der Waals surface area contributed by atoms with E-state index in [0.717, 1.165) is 11.5 Å². The van der Waals surface area contributed by atoms with E-state index in [9.17, 15) is 9.59 Å². The minimum absolute atomic E-state index is 0.209. The lowest BCUT2D eigenvalue weighted by atomic mass is 10.2. The van der Waals surface area contributed by atoms with E-state index in [-0.39, 0.29) is 5.91 Å². The molecule has 1 atom stereocenters. The van der Waals surface area contributed by atoms with Crippen molar-refractivity contribution in [3.63, 3.8) is 0 Å². The van der Waals surface area contributed by atoms with E-state index in [1.54, 1.807) is 18.7 Å². The van der Waals surface area contributed by atoms with Gasteiger partial charge in [0, 0.05) is 6.42 Å². The number of carbonyl (C=O) groups excluding carboxylic acids is 1. The Morgan fingerprint density at radius 1 is 1.43 bits per heavy atom. The van der Waals surface area contributed by atoms with Crippen LogP contribution in [0, 0.1) is 0 Å². The molecule has 0 aromatic carbocycles. The number of hydrogen-bond donors (Lipinski definition) is 2. The molecule has 0 bridgehead atoms. The number of nitrogens with one attached hydrogen (secondary N) is 1. The highest BCUT2D eigenvalue weighted by molar-refractivity contribution is 7.99. The highest BCUT2D eigenvalue weighted by Gasteiger charge is 2.18. The van der Waals surface area contributed by atoms with Crippen LogP contribution in [-0.4, -0.2) is 34.5 Å². The van der Waals surface area contributed by atoms with Crippen molar-refractivity contribution in [1.82, 2.24) is 5.32 Å². The number of aliphatic carboxylic acids is 1. The first-order valence-corrected chi connectivity index (χ1v) is 5.87. The maximum absolute atomic E-state index is 11.0. The van der Waals surface area contributed by atoms with E-state index in [2.05, 4.69) is 5.32 Å². The standard InChI is InChI=1S/C9H17NO3S/c1-3-8(11)10-7(9(12)13)5-6-14-4-2/h7H,3-6H2,1-2H3,(H,10,11)(H,12,13). The maximum Gasteiger partial charge on any atom is 0.326 e. The fourth-order valence-corrected chi connectivity index (χ4v) is 1.59. The molecule has 2 N–H and O–H groups in total. The molecule has 0 aliphatic heterocycles. The molecule has 14 heavy (non-hydrogen) atoms. The summed E-state index contributed by atoms with van der Waals surface area (Å²) in [6, 6.07) is -0.735. The molecule has 0 saturated carbocycles. The number of amides is 1. The van der Waals surface area contributed by atoms with Crippen molar-refractivity contribution in [2.45, 2.75) is 32.7 Å². The van der Waals surface area contributed by atoms with Crippen LogP contribution in [0.5, 0.6) is 0 Å². The molecule has 0 rings (SSSR count). The van der Waals surface area contributed by atoms with E-state index < -0.39 is 12.0 Å². The molecule has 0 aromatic heterocycles. The lowest BCUT2D eigenvalue weighted by molar-refractivity contribution is -0.141. The first-order chi connectivity index (χ1) is 6.61. The third-order valence-electron chi connectivity index (χ3n) is 1.71. The summed E-state index contributed by atoms with van der Waals surface area (Å²) in [7, 11) is 0. The van der Waals surface area contributed by atoms with Gasteiger partial charge in [0.15, 0.2) is 0 Å². The molecule has 0 saturated heterocycles. The normalized spacial score (nSPS) is 12.1. The van der Waals surface area contributed by atoms with Gasteiger partial charge in [-0.1, -0.05) is 13.8 Å². The van der Waals surface area contributed by atoms with Gasteiger partial charge >= 0.3 is 5.97 Å². The summed E-state index contributed by atoms with van der Waals surface area (Å²) in [5, 5.41) is 11.3. The number of hydrogen-bond acceptors (Lipinski definition) is 3. The largest absolute Gasteiger partial charge is 0.480 e. The minimum Gasteiger partial charge on any atom is -0.480 e. The molecule has 0 heterocycles. The summed E-state index contributed by atoms with van der Waals surface area (Å²) in [5.41, 5.74) is 0. The highest BCUT2D eigenvalue weighted by Crippen LogP contribution is 2.04. The van der Waals surface area contributed by atoms with Crippen molar-refractivity contribution in [3.8, 4) is 0 Å². The summed E-state index contributed by atoms with van der Waals surface area (Å²) in [5.74, 6) is 0.563. The average Bonchev–Trinajstić information content (AvgIpc) is 2.16. The number of rotatable bonds is 7. The van der Waals surface area contributed by atoms with Gasteiger partial charge in [0.25, 0.3) is 0 Å². The lowest BCUT2D eigenvalue weighted by Crippen LogP contribution is -2.40.